The van der Waals surface area contributed by atoms with Gasteiger partial charge in [0.25, 0.3) is 0 Å². The summed E-state index contributed by atoms with van der Waals surface area (Å²) in [5, 5.41) is 14.1. The average Bonchev–Trinajstić information content (AvgIpc) is 2.32. The van der Waals surface area contributed by atoms with E-state index >= 15 is 0 Å². The van der Waals surface area contributed by atoms with Crippen molar-refractivity contribution in [3.63, 3.8) is 0 Å². The third kappa shape index (κ3) is 8.79. The Balaban J connectivity index is 3.91. The lowest BCUT2D eigenvalue weighted by molar-refractivity contribution is -0.141. The molecule has 2 atom stereocenters. The fraction of sp³-hybridized carbons (Fsp3) is 0.769. The smallest absolute Gasteiger partial charge is 0.326 e. The molecule has 0 aliphatic carbocycles. The van der Waals surface area contributed by atoms with E-state index in [-0.39, 0.29) is 17.9 Å². The zero-order valence-electron chi connectivity index (χ0n) is 12.4. The van der Waals surface area contributed by atoms with E-state index in [4.69, 9.17) is 5.11 Å². The molecule has 7 heteroatoms. The summed E-state index contributed by atoms with van der Waals surface area (Å²) in [5.41, 5.74) is 0. The van der Waals surface area contributed by atoms with Gasteiger partial charge in [0.2, 0.25) is 11.8 Å². The van der Waals surface area contributed by atoms with Gasteiger partial charge in [0.1, 0.15) is 6.04 Å². The number of thioether (sulfide) groups is 1. The number of carboxylic acids is 1. The molecular formula is C13H24N2O4S. The number of hydrogen-bond acceptors (Lipinski definition) is 4. The van der Waals surface area contributed by atoms with Crippen LogP contribution in [0.25, 0.3) is 0 Å². The van der Waals surface area contributed by atoms with Crippen molar-refractivity contribution in [2.24, 2.45) is 5.92 Å². The first-order valence-electron chi connectivity index (χ1n) is 6.61. The maximum Gasteiger partial charge on any atom is 0.326 e. The number of amides is 2. The molecule has 2 amide bonds. The molecule has 20 heavy (non-hydrogen) atoms. The highest BCUT2D eigenvalue weighted by Gasteiger charge is 2.18. The molecule has 0 aliphatic rings. The Morgan fingerprint density at radius 1 is 1.15 bits per heavy atom. The van der Waals surface area contributed by atoms with Crippen molar-refractivity contribution in [2.75, 3.05) is 11.5 Å². The van der Waals surface area contributed by atoms with Gasteiger partial charge in [0, 0.05) is 13.0 Å². The zero-order chi connectivity index (χ0) is 15.7. The monoisotopic (exact) mass is 304 g/mol. The molecule has 0 aromatic heterocycles. The van der Waals surface area contributed by atoms with Crippen molar-refractivity contribution in [3.8, 4) is 0 Å². The molecule has 0 spiro atoms. The first-order valence-corrected chi connectivity index (χ1v) is 7.76. The first-order chi connectivity index (χ1) is 9.23. The van der Waals surface area contributed by atoms with Crippen molar-refractivity contribution in [3.05, 3.63) is 0 Å². The van der Waals surface area contributed by atoms with Gasteiger partial charge in [-0.1, -0.05) is 13.8 Å². The summed E-state index contributed by atoms with van der Waals surface area (Å²) in [5.74, 6) is -0.309. The molecule has 0 aromatic rings. The van der Waals surface area contributed by atoms with E-state index in [1.54, 1.807) is 0 Å². The molecule has 0 aromatic carbocycles. The highest BCUT2D eigenvalue weighted by atomic mass is 32.2. The van der Waals surface area contributed by atoms with Crippen LogP contribution in [-0.4, -0.2) is 46.5 Å². The summed E-state index contributed by atoms with van der Waals surface area (Å²) in [6.07, 6.45) is 0.298. The van der Waals surface area contributed by atoms with Crippen molar-refractivity contribution in [1.82, 2.24) is 10.6 Å². The van der Waals surface area contributed by atoms with Crippen LogP contribution >= 0.6 is 11.8 Å². The van der Waals surface area contributed by atoms with E-state index in [1.165, 1.54) is 18.7 Å². The number of hydrogen-bond donors (Lipinski definition) is 3. The molecule has 0 aliphatic heterocycles. The molecule has 2 unspecified atom stereocenters. The van der Waals surface area contributed by atoms with Crippen LogP contribution in [0.3, 0.4) is 0 Å². The summed E-state index contributed by atoms with van der Waals surface area (Å²) in [6.45, 7) is 7.29. The van der Waals surface area contributed by atoms with Crippen LogP contribution in [0.1, 0.15) is 34.1 Å². The van der Waals surface area contributed by atoms with Crippen molar-refractivity contribution in [1.29, 1.82) is 0 Å². The summed E-state index contributed by atoms with van der Waals surface area (Å²) >= 11 is 1.36. The lowest BCUT2D eigenvalue weighted by Gasteiger charge is -2.17. The Kier molecular flexibility index (Phi) is 9.03. The molecule has 0 bridgehead atoms. The van der Waals surface area contributed by atoms with Crippen LogP contribution in [0, 0.1) is 5.92 Å². The molecule has 6 nitrogen and oxygen atoms in total. The van der Waals surface area contributed by atoms with Gasteiger partial charge in [-0.25, -0.2) is 4.79 Å². The average molecular weight is 304 g/mol. The van der Waals surface area contributed by atoms with E-state index < -0.39 is 12.0 Å². The molecule has 0 saturated carbocycles. The number of carboxylic acid groups (broad SMARTS) is 1. The molecule has 0 heterocycles. The van der Waals surface area contributed by atoms with E-state index in [9.17, 15) is 14.4 Å². The predicted molar refractivity (Wildman–Crippen MR) is 79.6 cm³/mol. The van der Waals surface area contributed by atoms with E-state index in [0.29, 0.717) is 23.8 Å². The van der Waals surface area contributed by atoms with E-state index in [2.05, 4.69) is 10.6 Å². The second-order valence-electron chi connectivity index (χ2n) is 5.03. The molecule has 3 N–H and O–H groups in total. The molecule has 116 valence electrons. The minimum atomic E-state index is -1.06. The third-order valence-electron chi connectivity index (χ3n) is 2.85. The van der Waals surface area contributed by atoms with E-state index in [1.807, 2.05) is 20.8 Å². The third-order valence-corrected chi connectivity index (χ3v) is 3.84. The Morgan fingerprint density at radius 3 is 2.20 bits per heavy atom. The normalized spacial score (nSPS) is 13.7. The maximum atomic E-state index is 11.6. The van der Waals surface area contributed by atoms with Gasteiger partial charge in [-0.05, 0) is 25.0 Å². The predicted octanol–water partition coefficient (Wildman–Crippen LogP) is 0.860. The highest BCUT2D eigenvalue weighted by molar-refractivity contribution is 7.99. The molecule has 0 radical (unpaired) electrons. The topological polar surface area (TPSA) is 95.5 Å². The molecular weight excluding hydrogens is 280 g/mol. The Labute approximate surface area is 124 Å². The second-order valence-corrected chi connectivity index (χ2v) is 6.14. The van der Waals surface area contributed by atoms with Gasteiger partial charge in [0.05, 0.1) is 5.75 Å². The minimum absolute atomic E-state index is 0.0531. The van der Waals surface area contributed by atoms with Gasteiger partial charge in [-0.2, -0.15) is 11.8 Å². The zero-order valence-corrected chi connectivity index (χ0v) is 13.3. The van der Waals surface area contributed by atoms with Crippen LogP contribution in [0.2, 0.25) is 0 Å². The van der Waals surface area contributed by atoms with Crippen molar-refractivity contribution >= 4 is 29.5 Å². The van der Waals surface area contributed by atoms with Crippen LogP contribution in [-0.2, 0) is 14.4 Å². The van der Waals surface area contributed by atoms with Gasteiger partial charge < -0.3 is 15.7 Å². The second kappa shape index (κ2) is 9.63. The SMILES string of the molecule is CC(=O)NC(CCSCC(=O)NC(C)C(C)C)C(=O)O. The molecule has 0 fully saturated rings. The Hall–Kier alpha value is -1.24. The van der Waals surface area contributed by atoms with Gasteiger partial charge >= 0.3 is 5.97 Å². The summed E-state index contributed by atoms with van der Waals surface area (Å²) in [7, 11) is 0. The standard InChI is InChI=1S/C13H24N2O4S/c1-8(2)9(3)14-12(17)7-20-6-5-11(13(18)19)15-10(4)16/h8-9,11H,5-7H2,1-4H3,(H,14,17)(H,15,16)(H,18,19). The Bertz CT molecular complexity index is 347. The summed E-state index contributed by atoms with van der Waals surface area (Å²) in [4.78, 5) is 33.3. The minimum Gasteiger partial charge on any atom is -0.480 e. The summed E-state index contributed by atoms with van der Waals surface area (Å²) < 4.78 is 0. The highest BCUT2D eigenvalue weighted by Crippen LogP contribution is 2.06. The maximum absolute atomic E-state index is 11.6. The Morgan fingerprint density at radius 2 is 1.75 bits per heavy atom. The molecule has 0 rings (SSSR count). The fourth-order valence-corrected chi connectivity index (χ4v) is 2.15. The lowest BCUT2D eigenvalue weighted by Crippen LogP contribution is -2.40. The van der Waals surface area contributed by atoms with Gasteiger partial charge in [0.15, 0.2) is 0 Å². The first kappa shape index (κ1) is 18.8. The van der Waals surface area contributed by atoms with Gasteiger partial charge in [-0.15, -0.1) is 0 Å². The van der Waals surface area contributed by atoms with Crippen molar-refractivity contribution in [2.45, 2.75) is 46.2 Å². The number of rotatable bonds is 9. The van der Waals surface area contributed by atoms with Crippen molar-refractivity contribution < 1.29 is 19.5 Å². The van der Waals surface area contributed by atoms with Gasteiger partial charge in [-0.3, -0.25) is 9.59 Å². The van der Waals surface area contributed by atoms with Crippen LogP contribution < -0.4 is 10.6 Å². The van der Waals surface area contributed by atoms with Crippen LogP contribution in [0.4, 0.5) is 0 Å². The fourth-order valence-electron chi connectivity index (χ4n) is 1.33. The number of carbonyl (C=O) groups is 3. The summed E-state index contributed by atoms with van der Waals surface area (Å²) in [6, 6.07) is -0.771. The van der Waals surface area contributed by atoms with E-state index in [0.717, 1.165) is 0 Å². The van der Waals surface area contributed by atoms with Crippen LogP contribution in [0.15, 0.2) is 0 Å². The number of carbonyl (C=O) groups excluding carboxylic acids is 2. The quantitative estimate of drug-likeness (QED) is 0.549. The largest absolute Gasteiger partial charge is 0.480 e. The number of nitrogens with one attached hydrogen (secondary N) is 2. The number of aliphatic carboxylic acids is 1. The molecule has 0 saturated heterocycles. The van der Waals surface area contributed by atoms with Crippen LogP contribution in [0.5, 0.6) is 0 Å². The lowest BCUT2D eigenvalue weighted by atomic mass is 10.1.